The number of rotatable bonds is 5. The quantitative estimate of drug-likeness (QED) is 0.768. The van der Waals surface area contributed by atoms with Crippen LogP contribution >= 0.6 is 0 Å². The fourth-order valence-electron chi connectivity index (χ4n) is 1.65. The van der Waals surface area contributed by atoms with Crippen LogP contribution in [-0.4, -0.2) is 36.0 Å². The second-order valence-electron chi connectivity index (χ2n) is 6.15. The average Bonchev–Trinajstić information content (AvgIpc) is 2.46. The maximum absolute atomic E-state index is 12.2. The number of amides is 2. The second-order valence-corrected chi connectivity index (χ2v) is 6.15. The van der Waals surface area contributed by atoms with Crippen LogP contribution < -0.4 is 15.4 Å². The molecule has 7 heteroatoms. The van der Waals surface area contributed by atoms with Gasteiger partial charge in [-0.1, -0.05) is 20.8 Å². The van der Waals surface area contributed by atoms with Crippen molar-refractivity contribution in [1.29, 1.82) is 0 Å². The van der Waals surface area contributed by atoms with Gasteiger partial charge in [0.2, 0.25) is 11.8 Å². The van der Waals surface area contributed by atoms with E-state index in [-0.39, 0.29) is 17.2 Å². The molecule has 0 radical (unpaired) electrons. The molecule has 126 valence electrons. The third kappa shape index (κ3) is 4.98. The SMILES string of the molecule is COc1cc(C(=O)O)ccc1NC(=O)C(C)NC(=O)C(C)(C)C. The van der Waals surface area contributed by atoms with Crippen molar-refractivity contribution in [2.24, 2.45) is 5.41 Å². The highest BCUT2D eigenvalue weighted by Crippen LogP contribution is 2.25. The monoisotopic (exact) mass is 322 g/mol. The summed E-state index contributed by atoms with van der Waals surface area (Å²) in [4.78, 5) is 35.0. The van der Waals surface area contributed by atoms with E-state index in [1.807, 2.05) is 0 Å². The van der Waals surface area contributed by atoms with Crippen molar-refractivity contribution < 1.29 is 24.2 Å². The second kappa shape index (κ2) is 7.13. The Hall–Kier alpha value is -2.57. The first-order valence-corrected chi connectivity index (χ1v) is 7.09. The summed E-state index contributed by atoms with van der Waals surface area (Å²) < 4.78 is 5.09. The molecule has 0 aromatic heterocycles. The molecular weight excluding hydrogens is 300 g/mol. The molecule has 0 bridgehead atoms. The Balaban J connectivity index is 2.85. The zero-order chi connectivity index (χ0) is 17.8. The van der Waals surface area contributed by atoms with Gasteiger partial charge in [-0.3, -0.25) is 9.59 Å². The van der Waals surface area contributed by atoms with Gasteiger partial charge < -0.3 is 20.5 Å². The number of nitrogens with one attached hydrogen (secondary N) is 2. The summed E-state index contributed by atoms with van der Waals surface area (Å²) in [5, 5.41) is 14.2. The molecule has 3 N–H and O–H groups in total. The molecule has 0 aliphatic rings. The van der Waals surface area contributed by atoms with E-state index >= 15 is 0 Å². The number of hydrogen-bond acceptors (Lipinski definition) is 4. The van der Waals surface area contributed by atoms with Crippen molar-refractivity contribution in [1.82, 2.24) is 5.32 Å². The van der Waals surface area contributed by atoms with Gasteiger partial charge in [-0.2, -0.15) is 0 Å². The molecule has 0 aliphatic heterocycles. The van der Waals surface area contributed by atoms with Crippen molar-refractivity contribution in [2.45, 2.75) is 33.7 Å². The van der Waals surface area contributed by atoms with E-state index in [0.717, 1.165) is 0 Å². The largest absolute Gasteiger partial charge is 0.495 e. The fourth-order valence-corrected chi connectivity index (χ4v) is 1.65. The molecule has 7 nitrogen and oxygen atoms in total. The molecule has 0 saturated heterocycles. The van der Waals surface area contributed by atoms with Crippen molar-refractivity contribution in [3.8, 4) is 5.75 Å². The minimum absolute atomic E-state index is 0.0499. The Bertz CT molecular complexity index is 619. The molecular formula is C16H22N2O5. The fraction of sp³-hybridized carbons (Fsp3) is 0.438. The van der Waals surface area contributed by atoms with E-state index in [0.29, 0.717) is 5.69 Å². The van der Waals surface area contributed by atoms with Crippen molar-refractivity contribution in [2.75, 3.05) is 12.4 Å². The van der Waals surface area contributed by atoms with Crippen LogP contribution in [0.2, 0.25) is 0 Å². The number of carboxylic acid groups (broad SMARTS) is 1. The molecule has 1 aromatic rings. The number of anilines is 1. The number of carboxylic acids is 1. The lowest BCUT2D eigenvalue weighted by atomic mass is 9.95. The van der Waals surface area contributed by atoms with Gasteiger partial charge in [-0.25, -0.2) is 4.79 Å². The molecule has 0 aliphatic carbocycles. The standard InChI is InChI=1S/C16H22N2O5/c1-9(17-15(22)16(2,3)4)13(19)18-11-7-6-10(14(20)21)8-12(11)23-5/h6-9H,1-5H3,(H,17,22)(H,18,19)(H,20,21). The van der Waals surface area contributed by atoms with Crippen LogP contribution in [-0.2, 0) is 9.59 Å². The number of carbonyl (C=O) groups excluding carboxylic acids is 2. The molecule has 1 aromatic carbocycles. The summed E-state index contributed by atoms with van der Waals surface area (Å²) in [5.74, 6) is -1.53. The smallest absolute Gasteiger partial charge is 0.335 e. The van der Waals surface area contributed by atoms with Crippen LogP contribution in [0.15, 0.2) is 18.2 Å². The highest BCUT2D eigenvalue weighted by Gasteiger charge is 2.25. The Kier molecular flexibility index (Phi) is 5.73. The third-order valence-electron chi connectivity index (χ3n) is 3.13. The number of carbonyl (C=O) groups is 3. The minimum Gasteiger partial charge on any atom is -0.495 e. The van der Waals surface area contributed by atoms with E-state index in [4.69, 9.17) is 9.84 Å². The van der Waals surface area contributed by atoms with Gasteiger partial charge in [0.05, 0.1) is 18.4 Å². The molecule has 0 heterocycles. The molecule has 2 amide bonds. The maximum Gasteiger partial charge on any atom is 0.335 e. The predicted molar refractivity (Wildman–Crippen MR) is 85.6 cm³/mol. The van der Waals surface area contributed by atoms with E-state index in [2.05, 4.69) is 10.6 Å². The number of methoxy groups -OCH3 is 1. The van der Waals surface area contributed by atoms with Crippen LogP contribution in [0.5, 0.6) is 5.75 Å². The first-order chi connectivity index (χ1) is 10.6. The van der Waals surface area contributed by atoms with Gasteiger partial charge in [-0.05, 0) is 25.1 Å². The van der Waals surface area contributed by atoms with Crippen LogP contribution in [0, 0.1) is 5.41 Å². The van der Waals surface area contributed by atoms with E-state index < -0.39 is 23.3 Å². The van der Waals surface area contributed by atoms with Gasteiger partial charge in [-0.15, -0.1) is 0 Å². The lowest BCUT2D eigenvalue weighted by Gasteiger charge is -2.21. The highest BCUT2D eigenvalue weighted by molar-refractivity contribution is 5.99. The Morgan fingerprint density at radius 2 is 1.83 bits per heavy atom. The summed E-state index contributed by atoms with van der Waals surface area (Å²) in [5.41, 5.74) is -0.219. The van der Waals surface area contributed by atoms with E-state index in [9.17, 15) is 14.4 Å². The Morgan fingerprint density at radius 3 is 2.30 bits per heavy atom. The molecule has 0 saturated carbocycles. The third-order valence-corrected chi connectivity index (χ3v) is 3.13. The van der Waals surface area contributed by atoms with E-state index in [1.54, 1.807) is 27.7 Å². The van der Waals surface area contributed by atoms with Crippen LogP contribution in [0.1, 0.15) is 38.1 Å². The van der Waals surface area contributed by atoms with Gasteiger partial charge >= 0.3 is 5.97 Å². The van der Waals surface area contributed by atoms with Crippen LogP contribution in [0.3, 0.4) is 0 Å². The summed E-state index contributed by atoms with van der Waals surface area (Å²) in [6.07, 6.45) is 0. The first kappa shape index (κ1) is 18.5. The molecule has 0 fully saturated rings. The van der Waals surface area contributed by atoms with Crippen molar-refractivity contribution in [3.05, 3.63) is 23.8 Å². The maximum atomic E-state index is 12.2. The van der Waals surface area contributed by atoms with Crippen LogP contribution in [0.4, 0.5) is 5.69 Å². The number of hydrogen-bond donors (Lipinski definition) is 3. The lowest BCUT2D eigenvalue weighted by molar-refractivity contribution is -0.131. The molecule has 1 atom stereocenters. The number of benzene rings is 1. The van der Waals surface area contributed by atoms with E-state index in [1.165, 1.54) is 25.3 Å². The lowest BCUT2D eigenvalue weighted by Crippen LogP contribution is -2.46. The highest BCUT2D eigenvalue weighted by atomic mass is 16.5. The van der Waals surface area contributed by atoms with Gasteiger partial charge in [0.15, 0.2) is 0 Å². The summed E-state index contributed by atoms with van der Waals surface area (Å²) in [7, 11) is 1.38. The summed E-state index contributed by atoms with van der Waals surface area (Å²) in [6, 6.07) is 3.37. The average molecular weight is 322 g/mol. The van der Waals surface area contributed by atoms with Crippen molar-refractivity contribution >= 4 is 23.5 Å². The molecule has 0 spiro atoms. The zero-order valence-corrected chi connectivity index (χ0v) is 13.9. The Labute approximate surface area is 135 Å². The Morgan fingerprint density at radius 1 is 1.22 bits per heavy atom. The molecule has 1 unspecified atom stereocenters. The van der Waals surface area contributed by atoms with Gasteiger partial charge in [0, 0.05) is 5.41 Å². The topological polar surface area (TPSA) is 105 Å². The summed E-state index contributed by atoms with van der Waals surface area (Å²) in [6.45, 7) is 6.82. The summed E-state index contributed by atoms with van der Waals surface area (Å²) >= 11 is 0. The zero-order valence-electron chi connectivity index (χ0n) is 13.9. The molecule has 23 heavy (non-hydrogen) atoms. The normalized spacial score (nSPS) is 12.2. The van der Waals surface area contributed by atoms with Gasteiger partial charge in [0.25, 0.3) is 0 Å². The number of ether oxygens (including phenoxy) is 1. The van der Waals surface area contributed by atoms with Gasteiger partial charge in [0.1, 0.15) is 11.8 Å². The minimum atomic E-state index is -1.09. The molecule has 1 rings (SSSR count). The van der Waals surface area contributed by atoms with Crippen molar-refractivity contribution in [3.63, 3.8) is 0 Å². The first-order valence-electron chi connectivity index (χ1n) is 7.09. The number of aromatic carboxylic acids is 1. The predicted octanol–water partition coefficient (Wildman–Crippen LogP) is 1.88. The van der Waals surface area contributed by atoms with Crippen LogP contribution in [0.25, 0.3) is 0 Å².